The van der Waals surface area contributed by atoms with Crippen molar-refractivity contribution in [1.82, 2.24) is 9.97 Å². The van der Waals surface area contributed by atoms with Crippen molar-refractivity contribution in [2.24, 2.45) is 0 Å². The Bertz CT molecular complexity index is 364. The van der Waals surface area contributed by atoms with E-state index in [9.17, 15) is 10.2 Å². The van der Waals surface area contributed by atoms with Crippen LogP contribution in [0.3, 0.4) is 0 Å². The molecule has 0 aliphatic carbocycles. The van der Waals surface area contributed by atoms with Gasteiger partial charge in [-0.15, -0.1) is 0 Å². The Kier molecular flexibility index (Phi) is 2.90. The summed E-state index contributed by atoms with van der Waals surface area (Å²) < 4.78 is 0.773. The van der Waals surface area contributed by atoms with Crippen LogP contribution in [0.4, 0.5) is 5.82 Å². The molecule has 0 radical (unpaired) electrons. The molecule has 1 aromatic heterocycles. The first-order chi connectivity index (χ1) is 7.08. The highest BCUT2D eigenvalue weighted by atomic mass is 79.9. The molecule has 1 aliphatic rings. The molecular formula is C9H12BrN3O2. The second kappa shape index (κ2) is 4.03. The highest BCUT2D eigenvalue weighted by molar-refractivity contribution is 9.10. The molecule has 1 fully saturated rings. The second-order valence-corrected chi connectivity index (χ2v) is 4.48. The summed E-state index contributed by atoms with van der Waals surface area (Å²) >= 11 is 3.35. The van der Waals surface area contributed by atoms with E-state index in [4.69, 9.17) is 0 Å². The molecule has 0 saturated carbocycles. The van der Waals surface area contributed by atoms with Gasteiger partial charge in [0.25, 0.3) is 0 Å². The molecule has 2 heterocycles. The van der Waals surface area contributed by atoms with Crippen LogP contribution in [0, 0.1) is 6.92 Å². The first kappa shape index (κ1) is 10.8. The lowest BCUT2D eigenvalue weighted by Crippen LogP contribution is -2.23. The van der Waals surface area contributed by atoms with Crippen LogP contribution in [0.1, 0.15) is 5.82 Å². The first-order valence-electron chi connectivity index (χ1n) is 4.68. The standard InChI is InChI=1S/C9H12BrN3O2/c1-5-11-2-6(10)9(12-5)13-3-7(14)8(15)4-13/h2,7-8,14-15H,3-4H2,1H3. The monoisotopic (exact) mass is 273 g/mol. The van der Waals surface area contributed by atoms with Gasteiger partial charge >= 0.3 is 0 Å². The van der Waals surface area contributed by atoms with Crippen molar-refractivity contribution in [2.75, 3.05) is 18.0 Å². The molecule has 0 spiro atoms. The van der Waals surface area contributed by atoms with Gasteiger partial charge in [-0.3, -0.25) is 0 Å². The Morgan fingerprint density at radius 1 is 1.40 bits per heavy atom. The summed E-state index contributed by atoms with van der Waals surface area (Å²) in [5.41, 5.74) is 0. The Balaban J connectivity index is 2.27. The average Bonchev–Trinajstić information content (AvgIpc) is 2.51. The topological polar surface area (TPSA) is 69.5 Å². The molecule has 6 heteroatoms. The maximum atomic E-state index is 9.44. The van der Waals surface area contributed by atoms with Crippen LogP contribution in [-0.4, -0.2) is 45.5 Å². The smallest absolute Gasteiger partial charge is 0.146 e. The normalized spacial score (nSPS) is 26.0. The zero-order valence-electron chi connectivity index (χ0n) is 8.26. The number of aromatic nitrogens is 2. The molecule has 0 aromatic carbocycles. The van der Waals surface area contributed by atoms with Gasteiger partial charge in [0.15, 0.2) is 0 Å². The van der Waals surface area contributed by atoms with Crippen molar-refractivity contribution in [3.63, 3.8) is 0 Å². The Hall–Kier alpha value is -0.720. The van der Waals surface area contributed by atoms with Crippen molar-refractivity contribution in [3.8, 4) is 0 Å². The Labute approximate surface area is 95.9 Å². The van der Waals surface area contributed by atoms with Crippen LogP contribution in [0.2, 0.25) is 0 Å². The number of anilines is 1. The average molecular weight is 274 g/mol. The molecule has 0 amide bonds. The first-order valence-corrected chi connectivity index (χ1v) is 5.47. The van der Waals surface area contributed by atoms with Crippen LogP contribution >= 0.6 is 15.9 Å². The summed E-state index contributed by atoms with van der Waals surface area (Å²) in [5, 5.41) is 18.9. The van der Waals surface area contributed by atoms with Gasteiger partial charge in [-0.05, 0) is 22.9 Å². The molecule has 0 bridgehead atoms. The number of rotatable bonds is 1. The molecule has 2 unspecified atom stereocenters. The summed E-state index contributed by atoms with van der Waals surface area (Å²) in [7, 11) is 0. The Morgan fingerprint density at radius 2 is 2.00 bits per heavy atom. The lowest BCUT2D eigenvalue weighted by atomic mass is 10.3. The molecule has 2 N–H and O–H groups in total. The maximum Gasteiger partial charge on any atom is 0.146 e. The molecular weight excluding hydrogens is 262 g/mol. The molecule has 2 atom stereocenters. The van der Waals surface area contributed by atoms with E-state index in [2.05, 4.69) is 25.9 Å². The number of hydrogen-bond donors (Lipinski definition) is 2. The second-order valence-electron chi connectivity index (χ2n) is 3.63. The largest absolute Gasteiger partial charge is 0.389 e. The quantitative estimate of drug-likeness (QED) is 0.759. The van der Waals surface area contributed by atoms with E-state index < -0.39 is 12.2 Å². The van der Waals surface area contributed by atoms with Crippen molar-refractivity contribution in [1.29, 1.82) is 0 Å². The van der Waals surface area contributed by atoms with E-state index in [1.54, 1.807) is 13.1 Å². The minimum atomic E-state index is -0.702. The van der Waals surface area contributed by atoms with Crippen LogP contribution in [-0.2, 0) is 0 Å². The number of aryl methyl sites for hydroxylation is 1. The van der Waals surface area contributed by atoms with E-state index in [0.29, 0.717) is 18.9 Å². The fraction of sp³-hybridized carbons (Fsp3) is 0.556. The third kappa shape index (κ3) is 2.11. The molecule has 82 valence electrons. The number of aliphatic hydroxyl groups excluding tert-OH is 2. The summed E-state index contributed by atoms with van der Waals surface area (Å²) in [6.07, 6.45) is 0.272. The SMILES string of the molecule is Cc1ncc(Br)c(N2CC(O)C(O)C2)n1. The molecule has 15 heavy (non-hydrogen) atoms. The molecule has 5 nitrogen and oxygen atoms in total. The van der Waals surface area contributed by atoms with Gasteiger partial charge in [0.2, 0.25) is 0 Å². The molecule has 2 rings (SSSR count). The number of aliphatic hydroxyl groups is 2. The van der Waals surface area contributed by atoms with E-state index in [-0.39, 0.29) is 0 Å². The summed E-state index contributed by atoms with van der Waals surface area (Å²) in [6.45, 7) is 2.60. The van der Waals surface area contributed by atoms with Crippen LogP contribution in [0.5, 0.6) is 0 Å². The zero-order valence-corrected chi connectivity index (χ0v) is 9.85. The third-order valence-corrected chi connectivity index (χ3v) is 2.96. The summed E-state index contributed by atoms with van der Waals surface area (Å²) in [4.78, 5) is 10.1. The van der Waals surface area contributed by atoms with Crippen LogP contribution in [0.15, 0.2) is 10.7 Å². The number of hydrogen-bond acceptors (Lipinski definition) is 5. The lowest BCUT2D eigenvalue weighted by Gasteiger charge is -2.17. The highest BCUT2D eigenvalue weighted by Gasteiger charge is 2.31. The summed E-state index contributed by atoms with van der Waals surface area (Å²) in [6, 6.07) is 0. The number of β-amino-alcohol motifs (C(OH)–C–C–N with tert-alkyl or cyclic N) is 2. The summed E-state index contributed by atoms with van der Waals surface area (Å²) in [5.74, 6) is 1.39. The van der Waals surface area contributed by atoms with Gasteiger partial charge < -0.3 is 15.1 Å². The van der Waals surface area contributed by atoms with Crippen molar-refractivity contribution in [3.05, 3.63) is 16.5 Å². The van der Waals surface area contributed by atoms with Crippen LogP contribution in [0.25, 0.3) is 0 Å². The van der Waals surface area contributed by atoms with Crippen molar-refractivity contribution < 1.29 is 10.2 Å². The Morgan fingerprint density at radius 3 is 2.60 bits per heavy atom. The maximum absolute atomic E-state index is 9.44. The van der Waals surface area contributed by atoms with E-state index in [0.717, 1.165) is 10.3 Å². The van der Waals surface area contributed by atoms with Crippen molar-refractivity contribution in [2.45, 2.75) is 19.1 Å². The van der Waals surface area contributed by atoms with E-state index in [1.165, 1.54) is 0 Å². The van der Waals surface area contributed by atoms with E-state index >= 15 is 0 Å². The highest BCUT2D eigenvalue weighted by Crippen LogP contribution is 2.26. The van der Waals surface area contributed by atoms with Gasteiger partial charge in [0.05, 0.1) is 16.7 Å². The predicted molar refractivity (Wildman–Crippen MR) is 58.7 cm³/mol. The fourth-order valence-corrected chi connectivity index (χ4v) is 2.05. The van der Waals surface area contributed by atoms with E-state index in [1.807, 2.05) is 4.90 Å². The zero-order chi connectivity index (χ0) is 11.0. The fourth-order valence-electron chi connectivity index (χ4n) is 1.61. The number of nitrogens with zero attached hydrogens (tertiary/aromatic N) is 3. The van der Waals surface area contributed by atoms with Gasteiger partial charge in [-0.2, -0.15) is 0 Å². The van der Waals surface area contributed by atoms with Gasteiger partial charge in [-0.25, -0.2) is 9.97 Å². The third-order valence-electron chi connectivity index (χ3n) is 2.40. The molecule has 1 saturated heterocycles. The molecule has 1 aromatic rings. The van der Waals surface area contributed by atoms with Gasteiger partial charge in [-0.1, -0.05) is 0 Å². The molecule has 1 aliphatic heterocycles. The lowest BCUT2D eigenvalue weighted by molar-refractivity contribution is 0.0572. The minimum Gasteiger partial charge on any atom is -0.389 e. The minimum absolute atomic E-state index is 0.399. The predicted octanol–water partition coefficient (Wildman–Crippen LogP) is 0.0893. The number of halogens is 1. The van der Waals surface area contributed by atoms with Gasteiger partial charge in [0.1, 0.15) is 11.6 Å². The van der Waals surface area contributed by atoms with Crippen LogP contribution < -0.4 is 4.90 Å². The van der Waals surface area contributed by atoms with Gasteiger partial charge in [0, 0.05) is 19.3 Å². The van der Waals surface area contributed by atoms with Crippen molar-refractivity contribution >= 4 is 21.7 Å².